The standard InChI is InChI=1S/C8H14N2O/c1-6-7(5-10(2)3)8(11)4-9-6/h5-6,9H,4H2,1-3H3. The molecule has 0 aromatic heterocycles. The number of nitrogens with zero attached hydrogens (tertiary/aromatic N) is 1. The molecule has 1 N–H and O–H groups in total. The maximum atomic E-state index is 11.2. The molecule has 0 aromatic rings. The lowest BCUT2D eigenvalue weighted by Gasteiger charge is -2.08. The predicted molar refractivity (Wildman–Crippen MR) is 44.2 cm³/mol. The van der Waals surface area contributed by atoms with Crippen molar-refractivity contribution in [3.63, 3.8) is 0 Å². The van der Waals surface area contributed by atoms with Crippen molar-refractivity contribution in [3.05, 3.63) is 11.8 Å². The van der Waals surface area contributed by atoms with Crippen molar-refractivity contribution in [2.24, 2.45) is 0 Å². The van der Waals surface area contributed by atoms with E-state index in [2.05, 4.69) is 5.32 Å². The highest BCUT2D eigenvalue weighted by Gasteiger charge is 2.23. The van der Waals surface area contributed by atoms with Gasteiger partial charge in [-0.3, -0.25) is 4.79 Å². The van der Waals surface area contributed by atoms with Crippen molar-refractivity contribution in [3.8, 4) is 0 Å². The lowest BCUT2D eigenvalue weighted by atomic mass is 10.1. The fourth-order valence-electron chi connectivity index (χ4n) is 1.16. The van der Waals surface area contributed by atoms with E-state index in [1.807, 2.05) is 32.1 Å². The van der Waals surface area contributed by atoms with Crippen LogP contribution in [0.15, 0.2) is 11.8 Å². The van der Waals surface area contributed by atoms with E-state index in [1.165, 1.54) is 0 Å². The van der Waals surface area contributed by atoms with E-state index in [0.29, 0.717) is 6.54 Å². The summed E-state index contributed by atoms with van der Waals surface area (Å²) in [6.45, 7) is 2.49. The van der Waals surface area contributed by atoms with Crippen molar-refractivity contribution < 1.29 is 4.79 Å². The van der Waals surface area contributed by atoms with E-state index in [-0.39, 0.29) is 11.8 Å². The number of carbonyl (C=O) groups excluding carboxylic acids is 1. The van der Waals surface area contributed by atoms with E-state index in [0.717, 1.165) is 5.57 Å². The zero-order valence-electron chi connectivity index (χ0n) is 7.22. The fourth-order valence-corrected chi connectivity index (χ4v) is 1.16. The zero-order chi connectivity index (χ0) is 8.43. The Labute approximate surface area is 67.1 Å². The first-order valence-electron chi connectivity index (χ1n) is 3.76. The van der Waals surface area contributed by atoms with Crippen LogP contribution in [-0.2, 0) is 4.79 Å². The van der Waals surface area contributed by atoms with Gasteiger partial charge in [0, 0.05) is 31.9 Å². The van der Waals surface area contributed by atoms with Crippen LogP contribution in [0.4, 0.5) is 0 Å². The maximum absolute atomic E-state index is 11.2. The lowest BCUT2D eigenvalue weighted by molar-refractivity contribution is -0.113. The molecule has 1 rings (SSSR count). The minimum atomic E-state index is 0.213. The quantitative estimate of drug-likeness (QED) is 0.539. The molecular formula is C8H14N2O. The van der Waals surface area contributed by atoms with Crippen molar-refractivity contribution in [1.29, 1.82) is 0 Å². The molecule has 1 aliphatic rings. The van der Waals surface area contributed by atoms with Crippen LogP contribution in [0.5, 0.6) is 0 Å². The first-order valence-corrected chi connectivity index (χ1v) is 3.76. The van der Waals surface area contributed by atoms with Gasteiger partial charge in [0.25, 0.3) is 0 Å². The molecule has 0 saturated carbocycles. The molecule has 1 aliphatic heterocycles. The average Bonchev–Trinajstić information content (AvgIpc) is 2.18. The second kappa shape index (κ2) is 3.05. The molecule has 0 spiro atoms. The second-order valence-corrected chi connectivity index (χ2v) is 3.07. The highest BCUT2D eigenvalue weighted by molar-refractivity contribution is 6.00. The molecule has 11 heavy (non-hydrogen) atoms. The van der Waals surface area contributed by atoms with E-state index in [4.69, 9.17) is 0 Å². The maximum Gasteiger partial charge on any atom is 0.175 e. The van der Waals surface area contributed by atoms with Gasteiger partial charge in [0.2, 0.25) is 0 Å². The molecule has 0 aromatic carbocycles. The third-order valence-electron chi connectivity index (χ3n) is 1.75. The molecule has 1 saturated heterocycles. The number of nitrogens with one attached hydrogen (secondary N) is 1. The Hall–Kier alpha value is -0.830. The van der Waals surface area contributed by atoms with Crippen LogP contribution >= 0.6 is 0 Å². The minimum absolute atomic E-state index is 0.213. The summed E-state index contributed by atoms with van der Waals surface area (Å²) < 4.78 is 0. The van der Waals surface area contributed by atoms with Crippen LogP contribution in [0.2, 0.25) is 0 Å². The van der Waals surface area contributed by atoms with Gasteiger partial charge in [0.1, 0.15) is 0 Å². The Morgan fingerprint density at radius 3 is 2.64 bits per heavy atom. The summed E-state index contributed by atoms with van der Waals surface area (Å²) >= 11 is 0. The first kappa shape index (κ1) is 8.27. The Balaban J connectivity index is 2.76. The summed E-state index contributed by atoms with van der Waals surface area (Å²) in [6, 6.07) is 0.213. The Morgan fingerprint density at radius 2 is 2.27 bits per heavy atom. The van der Waals surface area contributed by atoms with Gasteiger partial charge in [-0.25, -0.2) is 0 Å². The summed E-state index contributed by atoms with van der Waals surface area (Å²) in [4.78, 5) is 13.1. The molecule has 1 atom stereocenters. The summed E-state index contributed by atoms with van der Waals surface area (Å²) in [5, 5.41) is 3.08. The Kier molecular flexibility index (Phi) is 2.29. The monoisotopic (exact) mass is 154 g/mol. The van der Waals surface area contributed by atoms with Crippen LogP contribution in [0.3, 0.4) is 0 Å². The Bertz CT molecular complexity index is 196. The normalized spacial score (nSPS) is 28.1. The van der Waals surface area contributed by atoms with Crippen molar-refractivity contribution in [2.45, 2.75) is 13.0 Å². The molecule has 1 unspecified atom stereocenters. The summed E-state index contributed by atoms with van der Waals surface area (Å²) in [6.07, 6.45) is 1.88. The smallest absolute Gasteiger partial charge is 0.175 e. The topological polar surface area (TPSA) is 32.3 Å². The third-order valence-corrected chi connectivity index (χ3v) is 1.75. The summed E-state index contributed by atoms with van der Waals surface area (Å²) in [5.41, 5.74) is 0.884. The van der Waals surface area contributed by atoms with Crippen molar-refractivity contribution >= 4 is 5.78 Å². The largest absolute Gasteiger partial charge is 0.383 e. The Morgan fingerprint density at radius 1 is 1.64 bits per heavy atom. The zero-order valence-corrected chi connectivity index (χ0v) is 7.22. The van der Waals surface area contributed by atoms with Crippen LogP contribution in [0.25, 0.3) is 0 Å². The predicted octanol–water partition coefficient (Wildman–Crippen LogP) is -0.00730. The second-order valence-electron chi connectivity index (χ2n) is 3.07. The van der Waals surface area contributed by atoms with Crippen LogP contribution < -0.4 is 5.32 Å². The van der Waals surface area contributed by atoms with E-state index >= 15 is 0 Å². The van der Waals surface area contributed by atoms with Gasteiger partial charge >= 0.3 is 0 Å². The number of Topliss-reactive ketones (excluding diaryl/α,β-unsaturated/α-hetero) is 1. The van der Waals surface area contributed by atoms with E-state index in [9.17, 15) is 4.79 Å². The van der Waals surface area contributed by atoms with Gasteiger partial charge in [-0.2, -0.15) is 0 Å². The summed E-state index contributed by atoms with van der Waals surface area (Å²) in [5.74, 6) is 0.214. The van der Waals surface area contributed by atoms with E-state index in [1.54, 1.807) is 0 Å². The molecule has 62 valence electrons. The molecule has 1 fully saturated rings. The van der Waals surface area contributed by atoms with Gasteiger partial charge in [0.05, 0.1) is 6.54 Å². The van der Waals surface area contributed by atoms with Gasteiger partial charge in [-0.1, -0.05) is 0 Å². The highest BCUT2D eigenvalue weighted by Crippen LogP contribution is 2.09. The van der Waals surface area contributed by atoms with E-state index < -0.39 is 0 Å². The average molecular weight is 154 g/mol. The van der Waals surface area contributed by atoms with Crippen LogP contribution in [0.1, 0.15) is 6.92 Å². The highest BCUT2D eigenvalue weighted by atomic mass is 16.1. The molecule has 0 amide bonds. The van der Waals surface area contributed by atoms with Gasteiger partial charge in [-0.15, -0.1) is 0 Å². The molecular weight excluding hydrogens is 140 g/mol. The van der Waals surface area contributed by atoms with Gasteiger partial charge in [0.15, 0.2) is 5.78 Å². The van der Waals surface area contributed by atoms with Crippen LogP contribution in [0, 0.1) is 0 Å². The molecule has 0 aliphatic carbocycles. The van der Waals surface area contributed by atoms with Gasteiger partial charge < -0.3 is 10.2 Å². The number of hydrogen-bond donors (Lipinski definition) is 1. The minimum Gasteiger partial charge on any atom is -0.383 e. The van der Waals surface area contributed by atoms with Crippen molar-refractivity contribution in [1.82, 2.24) is 10.2 Å². The molecule has 0 bridgehead atoms. The molecule has 3 nitrogen and oxygen atoms in total. The number of rotatable bonds is 1. The third kappa shape index (κ3) is 1.80. The SMILES string of the molecule is CC1NCC(=O)C1=CN(C)C. The number of ketones is 1. The molecule has 1 heterocycles. The number of hydrogen-bond acceptors (Lipinski definition) is 3. The van der Waals surface area contributed by atoms with Gasteiger partial charge in [-0.05, 0) is 6.92 Å². The number of carbonyl (C=O) groups is 1. The molecule has 3 heteroatoms. The summed E-state index contributed by atoms with van der Waals surface area (Å²) in [7, 11) is 3.84. The fraction of sp³-hybridized carbons (Fsp3) is 0.625. The first-order chi connectivity index (χ1) is 5.11. The van der Waals surface area contributed by atoms with Crippen LogP contribution in [-0.4, -0.2) is 37.4 Å². The van der Waals surface area contributed by atoms with Crippen molar-refractivity contribution in [2.75, 3.05) is 20.6 Å². The molecule has 0 radical (unpaired) electrons. The lowest BCUT2D eigenvalue weighted by Crippen LogP contribution is -2.18.